The van der Waals surface area contributed by atoms with Gasteiger partial charge in [-0.2, -0.15) is 0 Å². The van der Waals surface area contributed by atoms with Gasteiger partial charge in [0.05, 0.1) is 17.7 Å². The molecule has 0 saturated heterocycles. The third-order valence-electron chi connectivity index (χ3n) is 4.91. The van der Waals surface area contributed by atoms with Gasteiger partial charge in [0.15, 0.2) is 0 Å². The van der Waals surface area contributed by atoms with Crippen molar-refractivity contribution in [3.05, 3.63) is 42.1 Å². The van der Waals surface area contributed by atoms with Crippen molar-refractivity contribution in [1.29, 1.82) is 0 Å². The molecule has 0 unspecified atom stereocenters. The summed E-state index contributed by atoms with van der Waals surface area (Å²) in [5.74, 6) is 0.335. The van der Waals surface area contributed by atoms with E-state index in [9.17, 15) is 9.59 Å². The summed E-state index contributed by atoms with van der Waals surface area (Å²) in [5.41, 5.74) is 1.52. The second-order valence-corrected chi connectivity index (χ2v) is 6.70. The van der Waals surface area contributed by atoms with E-state index in [-0.39, 0.29) is 30.3 Å². The SMILES string of the molecule is CC(=O)OCC[C@H]1CC[C@H](NC(=O)c2ccnc3ccccc23)CC1.Cl. The molecule has 1 aliphatic carbocycles. The van der Waals surface area contributed by atoms with E-state index in [1.165, 1.54) is 6.92 Å². The predicted octanol–water partition coefficient (Wildman–Crippen LogP) is 3.90. The summed E-state index contributed by atoms with van der Waals surface area (Å²) in [7, 11) is 0. The first-order chi connectivity index (χ1) is 12.1. The zero-order chi connectivity index (χ0) is 17.6. The van der Waals surface area contributed by atoms with Crippen LogP contribution in [-0.4, -0.2) is 29.5 Å². The Bertz CT molecular complexity index is 752. The molecule has 1 aliphatic rings. The van der Waals surface area contributed by atoms with E-state index in [1.807, 2.05) is 24.3 Å². The Morgan fingerprint density at radius 1 is 1.15 bits per heavy atom. The molecule has 0 atom stereocenters. The molecule has 1 amide bonds. The number of fused-ring (bicyclic) bond motifs is 1. The summed E-state index contributed by atoms with van der Waals surface area (Å²) in [5, 5.41) is 4.06. The van der Waals surface area contributed by atoms with Crippen molar-refractivity contribution < 1.29 is 14.3 Å². The third kappa shape index (κ3) is 5.18. The maximum Gasteiger partial charge on any atom is 0.302 e. The minimum Gasteiger partial charge on any atom is -0.466 e. The maximum absolute atomic E-state index is 12.7. The number of halogens is 1. The van der Waals surface area contributed by atoms with Crippen LogP contribution in [0.4, 0.5) is 0 Å². The second-order valence-electron chi connectivity index (χ2n) is 6.70. The number of carbonyl (C=O) groups is 2. The summed E-state index contributed by atoms with van der Waals surface area (Å²) < 4.78 is 5.02. The lowest BCUT2D eigenvalue weighted by atomic mass is 9.84. The van der Waals surface area contributed by atoms with Gasteiger partial charge in [-0.25, -0.2) is 0 Å². The van der Waals surface area contributed by atoms with E-state index in [1.54, 1.807) is 12.3 Å². The highest BCUT2D eigenvalue weighted by Gasteiger charge is 2.23. The van der Waals surface area contributed by atoms with E-state index in [0.717, 1.165) is 43.0 Å². The number of aromatic nitrogens is 1. The van der Waals surface area contributed by atoms with Crippen LogP contribution in [0.3, 0.4) is 0 Å². The zero-order valence-electron chi connectivity index (χ0n) is 14.9. The minimum atomic E-state index is -0.217. The average molecular weight is 377 g/mol. The Hall–Kier alpha value is -2.14. The number of benzene rings is 1. The van der Waals surface area contributed by atoms with Gasteiger partial charge in [-0.1, -0.05) is 18.2 Å². The van der Waals surface area contributed by atoms with Crippen LogP contribution in [-0.2, 0) is 9.53 Å². The maximum atomic E-state index is 12.7. The van der Waals surface area contributed by atoms with Crippen molar-refractivity contribution in [2.75, 3.05) is 6.61 Å². The molecule has 1 heterocycles. The van der Waals surface area contributed by atoms with Crippen LogP contribution < -0.4 is 5.32 Å². The fourth-order valence-electron chi connectivity index (χ4n) is 3.52. The summed E-state index contributed by atoms with van der Waals surface area (Å²) >= 11 is 0. The highest BCUT2D eigenvalue weighted by atomic mass is 35.5. The van der Waals surface area contributed by atoms with Gasteiger partial charge in [0.1, 0.15) is 0 Å². The minimum absolute atomic E-state index is 0. The molecule has 1 fully saturated rings. The number of carbonyl (C=O) groups excluding carboxylic acids is 2. The van der Waals surface area contributed by atoms with Crippen molar-refractivity contribution in [3.8, 4) is 0 Å². The van der Waals surface area contributed by atoms with Crippen LogP contribution in [0.5, 0.6) is 0 Å². The van der Waals surface area contributed by atoms with E-state index < -0.39 is 0 Å². The lowest BCUT2D eigenvalue weighted by Gasteiger charge is -2.29. The predicted molar refractivity (Wildman–Crippen MR) is 103 cm³/mol. The molecule has 0 spiro atoms. The molecule has 140 valence electrons. The number of ether oxygens (including phenoxy) is 1. The Kier molecular flexibility index (Phi) is 7.39. The molecule has 1 aromatic carbocycles. The van der Waals surface area contributed by atoms with Gasteiger partial charge in [-0.05, 0) is 50.2 Å². The third-order valence-corrected chi connectivity index (χ3v) is 4.91. The lowest BCUT2D eigenvalue weighted by Crippen LogP contribution is -2.37. The topological polar surface area (TPSA) is 68.3 Å². The van der Waals surface area contributed by atoms with Gasteiger partial charge < -0.3 is 10.1 Å². The number of amides is 1. The molecule has 26 heavy (non-hydrogen) atoms. The van der Waals surface area contributed by atoms with Crippen molar-refractivity contribution in [1.82, 2.24) is 10.3 Å². The average Bonchev–Trinajstić information content (AvgIpc) is 2.62. The number of pyridine rings is 1. The molecule has 5 nitrogen and oxygen atoms in total. The first-order valence-corrected chi connectivity index (χ1v) is 8.91. The number of esters is 1. The lowest BCUT2D eigenvalue weighted by molar-refractivity contribution is -0.141. The molecule has 3 rings (SSSR count). The van der Waals surface area contributed by atoms with E-state index >= 15 is 0 Å². The van der Waals surface area contributed by atoms with E-state index in [4.69, 9.17) is 4.74 Å². The number of nitrogens with one attached hydrogen (secondary N) is 1. The van der Waals surface area contributed by atoms with Crippen LogP contribution in [0.2, 0.25) is 0 Å². The normalized spacial score (nSPS) is 19.4. The summed E-state index contributed by atoms with van der Waals surface area (Å²) in [4.78, 5) is 27.8. The van der Waals surface area contributed by atoms with Crippen LogP contribution in [0, 0.1) is 5.92 Å². The summed E-state index contributed by atoms with van der Waals surface area (Å²) in [6, 6.07) is 9.69. The van der Waals surface area contributed by atoms with Gasteiger partial charge in [0.2, 0.25) is 0 Å². The molecule has 1 saturated carbocycles. The fraction of sp³-hybridized carbons (Fsp3) is 0.450. The number of para-hydroxylation sites is 1. The zero-order valence-corrected chi connectivity index (χ0v) is 15.8. The van der Waals surface area contributed by atoms with Gasteiger partial charge in [0, 0.05) is 24.5 Å². The van der Waals surface area contributed by atoms with Crippen molar-refractivity contribution in [2.24, 2.45) is 5.92 Å². The van der Waals surface area contributed by atoms with Gasteiger partial charge in [0.25, 0.3) is 5.91 Å². The quantitative estimate of drug-likeness (QED) is 0.803. The second kappa shape index (κ2) is 9.53. The van der Waals surface area contributed by atoms with Gasteiger partial charge >= 0.3 is 5.97 Å². The van der Waals surface area contributed by atoms with Crippen LogP contribution >= 0.6 is 12.4 Å². The largest absolute Gasteiger partial charge is 0.466 e. The molecule has 0 radical (unpaired) electrons. The molecule has 2 aromatic rings. The Morgan fingerprint density at radius 3 is 2.62 bits per heavy atom. The van der Waals surface area contributed by atoms with Crippen molar-refractivity contribution in [2.45, 2.75) is 45.1 Å². The Balaban J connectivity index is 0.00000243. The highest BCUT2D eigenvalue weighted by Crippen LogP contribution is 2.27. The molecular weight excluding hydrogens is 352 g/mol. The monoisotopic (exact) mass is 376 g/mol. The molecular formula is C20H25ClN2O3. The molecule has 1 aromatic heterocycles. The Morgan fingerprint density at radius 2 is 1.88 bits per heavy atom. The summed E-state index contributed by atoms with van der Waals surface area (Å²) in [6.07, 6.45) is 6.66. The van der Waals surface area contributed by atoms with Gasteiger partial charge in [-0.3, -0.25) is 14.6 Å². The first kappa shape index (κ1) is 20.2. The number of hydrogen-bond donors (Lipinski definition) is 1. The first-order valence-electron chi connectivity index (χ1n) is 8.91. The van der Waals surface area contributed by atoms with Crippen molar-refractivity contribution in [3.63, 3.8) is 0 Å². The number of hydrogen-bond acceptors (Lipinski definition) is 4. The van der Waals surface area contributed by atoms with E-state index in [0.29, 0.717) is 18.1 Å². The Labute approximate surface area is 159 Å². The number of rotatable bonds is 5. The standard InChI is InChI=1S/C20H24N2O3.ClH/c1-14(23)25-13-11-15-6-8-16(9-7-15)22-20(24)18-10-12-21-19-5-3-2-4-17(18)19;/h2-5,10,12,15-16H,6-9,11,13H2,1H3,(H,22,24);1H/t15-,16-;. The van der Waals surface area contributed by atoms with Crippen molar-refractivity contribution >= 4 is 35.2 Å². The van der Waals surface area contributed by atoms with Crippen LogP contribution in [0.15, 0.2) is 36.5 Å². The summed E-state index contributed by atoms with van der Waals surface area (Å²) in [6.45, 7) is 1.94. The molecule has 1 N–H and O–H groups in total. The van der Waals surface area contributed by atoms with Crippen LogP contribution in [0.1, 0.15) is 49.4 Å². The molecule has 0 bridgehead atoms. The van der Waals surface area contributed by atoms with Crippen LogP contribution in [0.25, 0.3) is 10.9 Å². The molecule has 0 aliphatic heterocycles. The highest BCUT2D eigenvalue weighted by molar-refractivity contribution is 6.06. The smallest absolute Gasteiger partial charge is 0.302 e. The number of nitrogens with zero attached hydrogens (tertiary/aromatic N) is 1. The fourth-order valence-corrected chi connectivity index (χ4v) is 3.52. The van der Waals surface area contributed by atoms with E-state index in [2.05, 4.69) is 10.3 Å². The van der Waals surface area contributed by atoms with Gasteiger partial charge in [-0.15, -0.1) is 12.4 Å². The molecule has 6 heteroatoms.